The number of hydrogen-bond donors (Lipinski definition) is 2. The van der Waals surface area contributed by atoms with Crippen LogP contribution in [0.4, 0.5) is 22.1 Å². The lowest BCUT2D eigenvalue weighted by molar-refractivity contribution is 0.168. The molecule has 2 N–H and O–H groups in total. The van der Waals surface area contributed by atoms with Crippen LogP contribution in [0.25, 0.3) is 0 Å². The van der Waals surface area contributed by atoms with E-state index in [1.807, 2.05) is 25.1 Å². The van der Waals surface area contributed by atoms with Crippen LogP contribution in [-0.2, 0) is 4.74 Å². The van der Waals surface area contributed by atoms with Crippen molar-refractivity contribution in [1.29, 1.82) is 0 Å². The van der Waals surface area contributed by atoms with Gasteiger partial charge in [-0.15, -0.1) is 10.2 Å². The smallest absolute Gasteiger partial charge is 0.412 e. The summed E-state index contributed by atoms with van der Waals surface area (Å²) in [5.41, 5.74) is 2.03. The molecular weight excluding hydrogens is 336 g/mol. The number of nitrogens with zero attached hydrogens (tertiary/aromatic N) is 2. The Kier molecular flexibility index (Phi) is 5.10. The maximum Gasteiger partial charge on any atom is 0.412 e. The SMILES string of the molecule is CCOC(=O)Nc1ccc(Nc2ccc(Br)cc2C)nn1. The quantitative estimate of drug-likeness (QED) is 0.875. The largest absolute Gasteiger partial charge is 0.450 e. The number of carbonyl (C=O) groups excluding carboxylic acids is 1. The summed E-state index contributed by atoms with van der Waals surface area (Å²) in [6.07, 6.45) is -0.545. The summed E-state index contributed by atoms with van der Waals surface area (Å²) in [6.45, 7) is 4.04. The number of benzene rings is 1. The number of rotatable bonds is 4. The molecule has 0 radical (unpaired) electrons. The van der Waals surface area contributed by atoms with Crippen molar-refractivity contribution in [2.24, 2.45) is 0 Å². The van der Waals surface area contributed by atoms with E-state index >= 15 is 0 Å². The molecule has 0 spiro atoms. The Balaban J connectivity index is 2.03. The zero-order valence-corrected chi connectivity index (χ0v) is 13.3. The van der Waals surface area contributed by atoms with Crippen molar-refractivity contribution < 1.29 is 9.53 Å². The van der Waals surface area contributed by atoms with Gasteiger partial charge < -0.3 is 10.1 Å². The molecule has 1 aromatic carbocycles. The molecule has 0 aliphatic rings. The number of aromatic nitrogens is 2. The molecule has 0 aliphatic heterocycles. The van der Waals surface area contributed by atoms with E-state index in [9.17, 15) is 4.79 Å². The fourth-order valence-corrected chi connectivity index (χ4v) is 2.12. The summed E-state index contributed by atoms with van der Waals surface area (Å²) in [7, 11) is 0. The molecule has 7 heteroatoms. The highest BCUT2D eigenvalue weighted by atomic mass is 79.9. The Labute approximate surface area is 131 Å². The van der Waals surface area contributed by atoms with Gasteiger partial charge in [0.05, 0.1) is 6.61 Å². The molecule has 0 aliphatic carbocycles. The number of aryl methyl sites for hydroxylation is 1. The van der Waals surface area contributed by atoms with Gasteiger partial charge in [-0.3, -0.25) is 5.32 Å². The van der Waals surface area contributed by atoms with Gasteiger partial charge in [0.2, 0.25) is 0 Å². The Bertz CT molecular complexity index is 631. The van der Waals surface area contributed by atoms with Crippen molar-refractivity contribution >= 4 is 39.3 Å². The van der Waals surface area contributed by atoms with Crippen molar-refractivity contribution in [2.45, 2.75) is 13.8 Å². The van der Waals surface area contributed by atoms with Crippen molar-refractivity contribution in [1.82, 2.24) is 10.2 Å². The molecule has 0 saturated heterocycles. The maximum absolute atomic E-state index is 11.2. The summed E-state index contributed by atoms with van der Waals surface area (Å²) in [5.74, 6) is 0.932. The van der Waals surface area contributed by atoms with E-state index in [4.69, 9.17) is 4.74 Å². The number of carbonyl (C=O) groups is 1. The third-order valence-corrected chi connectivity index (χ3v) is 3.11. The minimum Gasteiger partial charge on any atom is -0.450 e. The maximum atomic E-state index is 11.2. The predicted molar refractivity (Wildman–Crippen MR) is 84.8 cm³/mol. The average Bonchev–Trinajstić information content (AvgIpc) is 2.44. The molecule has 21 heavy (non-hydrogen) atoms. The number of amides is 1. The van der Waals surface area contributed by atoms with Gasteiger partial charge in [0.15, 0.2) is 11.6 Å². The van der Waals surface area contributed by atoms with Crippen molar-refractivity contribution in [2.75, 3.05) is 17.2 Å². The lowest BCUT2D eigenvalue weighted by Gasteiger charge is -2.09. The highest BCUT2D eigenvalue weighted by Gasteiger charge is 2.05. The minimum atomic E-state index is -0.545. The number of ether oxygens (including phenoxy) is 1. The van der Waals surface area contributed by atoms with E-state index in [0.717, 1.165) is 15.7 Å². The first-order chi connectivity index (χ1) is 10.1. The summed E-state index contributed by atoms with van der Waals surface area (Å²) in [5, 5.41) is 13.6. The molecule has 6 nitrogen and oxygen atoms in total. The van der Waals surface area contributed by atoms with Crippen LogP contribution in [0.2, 0.25) is 0 Å². The summed E-state index contributed by atoms with van der Waals surface area (Å²) >= 11 is 3.42. The van der Waals surface area contributed by atoms with Gasteiger partial charge in [-0.1, -0.05) is 15.9 Å². The van der Waals surface area contributed by atoms with E-state index in [1.54, 1.807) is 19.1 Å². The Morgan fingerprint density at radius 3 is 2.57 bits per heavy atom. The average molecular weight is 351 g/mol. The molecule has 110 valence electrons. The lowest BCUT2D eigenvalue weighted by atomic mass is 10.2. The Morgan fingerprint density at radius 1 is 1.24 bits per heavy atom. The second-order valence-electron chi connectivity index (χ2n) is 4.23. The first-order valence-electron chi connectivity index (χ1n) is 6.39. The highest BCUT2D eigenvalue weighted by molar-refractivity contribution is 9.10. The second-order valence-corrected chi connectivity index (χ2v) is 5.15. The van der Waals surface area contributed by atoms with Gasteiger partial charge in [-0.25, -0.2) is 4.79 Å². The van der Waals surface area contributed by atoms with E-state index in [0.29, 0.717) is 18.2 Å². The van der Waals surface area contributed by atoms with Gasteiger partial charge in [-0.05, 0) is 49.7 Å². The van der Waals surface area contributed by atoms with Crippen LogP contribution in [0, 0.1) is 6.92 Å². The molecular formula is C14H15BrN4O2. The third kappa shape index (κ3) is 4.42. The lowest BCUT2D eigenvalue weighted by Crippen LogP contribution is -2.14. The normalized spacial score (nSPS) is 10.0. The van der Waals surface area contributed by atoms with Crippen LogP contribution < -0.4 is 10.6 Å². The topological polar surface area (TPSA) is 76.1 Å². The monoisotopic (exact) mass is 350 g/mol. The van der Waals surface area contributed by atoms with Crippen LogP contribution in [0.3, 0.4) is 0 Å². The summed E-state index contributed by atoms with van der Waals surface area (Å²) < 4.78 is 5.78. The van der Waals surface area contributed by atoms with Crippen molar-refractivity contribution in [3.05, 3.63) is 40.4 Å². The molecule has 1 heterocycles. The number of nitrogens with one attached hydrogen (secondary N) is 2. The zero-order chi connectivity index (χ0) is 15.2. The minimum absolute atomic E-state index is 0.307. The predicted octanol–water partition coefficient (Wildman–Crippen LogP) is 3.86. The van der Waals surface area contributed by atoms with Gasteiger partial charge in [0, 0.05) is 10.2 Å². The van der Waals surface area contributed by atoms with E-state index in [2.05, 4.69) is 36.8 Å². The van der Waals surface area contributed by atoms with E-state index in [-0.39, 0.29) is 0 Å². The van der Waals surface area contributed by atoms with Crippen LogP contribution in [-0.4, -0.2) is 22.9 Å². The van der Waals surface area contributed by atoms with E-state index in [1.165, 1.54) is 0 Å². The Morgan fingerprint density at radius 2 is 1.95 bits per heavy atom. The summed E-state index contributed by atoms with van der Waals surface area (Å²) in [4.78, 5) is 11.2. The number of anilines is 3. The first kappa shape index (κ1) is 15.2. The van der Waals surface area contributed by atoms with Crippen LogP contribution >= 0.6 is 15.9 Å². The fourth-order valence-electron chi connectivity index (χ4n) is 1.64. The highest BCUT2D eigenvalue weighted by Crippen LogP contribution is 2.22. The van der Waals surface area contributed by atoms with Crippen molar-refractivity contribution in [3.8, 4) is 0 Å². The van der Waals surface area contributed by atoms with Crippen LogP contribution in [0.15, 0.2) is 34.8 Å². The number of halogens is 1. The molecule has 2 rings (SSSR count). The third-order valence-electron chi connectivity index (χ3n) is 2.62. The van der Waals surface area contributed by atoms with Gasteiger partial charge in [-0.2, -0.15) is 0 Å². The molecule has 0 atom stereocenters. The number of hydrogen-bond acceptors (Lipinski definition) is 5. The van der Waals surface area contributed by atoms with E-state index < -0.39 is 6.09 Å². The standard InChI is InChI=1S/C14H15BrN4O2/c1-3-21-14(20)17-13-7-6-12(18-19-13)16-11-5-4-10(15)8-9(11)2/h4-8H,3H2,1-2H3,(H,16,18)(H,17,19,20). The summed E-state index contributed by atoms with van der Waals surface area (Å²) in [6, 6.07) is 9.29. The molecule has 1 aromatic heterocycles. The van der Waals surface area contributed by atoms with Crippen molar-refractivity contribution in [3.63, 3.8) is 0 Å². The molecule has 2 aromatic rings. The zero-order valence-electron chi connectivity index (χ0n) is 11.7. The molecule has 0 bridgehead atoms. The second kappa shape index (κ2) is 7.03. The van der Waals surface area contributed by atoms with Crippen LogP contribution in [0.5, 0.6) is 0 Å². The molecule has 0 unspecified atom stereocenters. The Hall–Kier alpha value is -2.15. The fraction of sp³-hybridized carbons (Fsp3) is 0.214. The van der Waals surface area contributed by atoms with Gasteiger partial charge >= 0.3 is 6.09 Å². The van der Waals surface area contributed by atoms with Gasteiger partial charge in [0.25, 0.3) is 0 Å². The van der Waals surface area contributed by atoms with Crippen LogP contribution in [0.1, 0.15) is 12.5 Å². The van der Waals surface area contributed by atoms with Gasteiger partial charge in [0.1, 0.15) is 0 Å². The first-order valence-corrected chi connectivity index (χ1v) is 7.18. The molecule has 1 amide bonds. The molecule has 0 fully saturated rings. The molecule has 0 saturated carbocycles.